The van der Waals surface area contributed by atoms with E-state index in [-0.39, 0.29) is 17.9 Å². The lowest BCUT2D eigenvalue weighted by Gasteiger charge is -2.12. The van der Waals surface area contributed by atoms with Crippen molar-refractivity contribution in [1.29, 1.82) is 0 Å². The Labute approximate surface area is 122 Å². The lowest BCUT2D eigenvalue weighted by atomic mass is 10.1. The molecule has 0 bridgehead atoms. The molecule has 2 rings (SSSR count). The number of aromatic nitrogens is 1. The van der Waals surface area contributed by atoms with E-state index in [9.17, 15) is 9.59 Å². The number of nitrogens with zero attached hydrogens (tertiary/aromatic N) is 1. The first-order valence-corrected chi connectivity index (χ1v) is 6.59. The van der Waals surface area contributed by atoms with E-state index in [1.807, 2.05) is 0 Å². The Balaban J connectivity index is 2.10. The Morgan fingerprint density at radius 2 is 2.05 bits per heavy atom. The van der Waals surface area contributed by atoms with Crippen LogP contribution in [-0.2, 0) is 6.54 Å². The van der Waals surface area contributed by atoms with Crippen molar-refractivity contribution < 1.29 is 14.3 Å². The highest BCUT2D eigenvalue weighted by molar-refractivity contribution is 5.97. The summed E-state index contributed by atoms with van der Waals surface area (Å²) in [6, 6.07) is 10.0. The maximum atomic E-state index is 11.6. The second-order valence-corrected chi connectivity index (χ2v) is 4.50. The van der Waals surface area contributed by atoms with Gasteiger partial charge in [0.15, 0.2) is 5.78 Å². The van der Waals surface area contributed by atoms with Gasteiger partial charge in [-0.15, -0.1) is 0 Å². The summed E-state index contributed by atoms with van der Waals surface area (Å²) in [6.45, 7) is 2.18. The minimum atomic E-state index is -0.0847. The summed E-state index contributed by atoms with van der Waals surface area (Å²) in [4.78, 5) is 23.1. The zero-order chi connectivity index (χ0) is 15.2. The predicted octanol–water partition coefficient (Wildman–Crippen LogP) is 2.14. The zero-order valence-electron chi connectivity index (χ0n) is 12.0. The Kier molecular flexibility index (Phi) is 4.77. The molecular formula is C16H17NO4. The first kappa shape index (κ1) is 14.8. The van der Waals surface area contributed by atoms with E-state index in [2.05, 4.69) is 0 Å². The van der Waals surface area contributed by atoms with Gasteiger partial charge in [-0.2, -0.15) is 0 Å². The molecule has 5 nitrogen and oxygen atoms in total. The largest absolute Gasteiger partial charge is 0.497 e. The van der Waals surface area contributed by atoms with Crippen LogP contribution in [-0.4, -0.2) is 24.1 Å². The average molecular weight is 287 g/mol. The maximum Gasteiger partial charge on any atom is 0.250 e. The zero-order valence-corrected chi connectivity index (χ0v) is 12.0. The molecule has 0 saturated heterocycles. The summed E-state index contributed by atoms with van der Waals surface area (Å²) >= 11 is 0. The number of hydrogen-bond acceptors (Lipinski definition) is 4. The van der Waals surface area contributed by atoms with Gasteiger partial charge in [0.1, 0.15) is 18.1 Å². The van der Waals surface area contributed by atoms with Gasteiger partial charge in [0.05, 0.1) is 19.2 Å². The molecule has 0 aliphatic rings. The molecule has 0 amide bonds. The van der Waals surface area contributed by atoms with E-state index in [0.717, 1.165) is 0 Å². The lowest BCUT2D eigenvalue weighted by Crippen LogP contribution is -2.21. The fourth-order valence-electron chi connectivity index (χ4n) is 1.94. The van der Waals surface area contributed by atoms with E-state index in [0.29, 0.717) is 23.6 Å². The molecule has 0 saturated carbocycles. The van der Waals surface area contributed by atoms with Crippen molar-refractivity contribution in [3.05, 3.63) is 58.5 Å². The molecule has 0 spiro atoms. The molecule has 0 aliphatic carbocycles. The SMILES string of the molecule is COc1ccc(C(C)=O)c(OCCn2ccccc2=O)c1. The van der Waals surface area contributed by atoms with Crippen molar-refractivity contribution in [2.45, 2.75) is 13.5 Å². The van der Waals surface area contributed by atoms with Crippen LogP contribution in [0.4, 0.5) is 0 Å². The quantitative estimate of drug-likeness (QED) is 0.764. The van der Waals surface area contributed by atoms with Crippen molar-refractivity contribution in [2.75, 3.05) is 13.7 Å². The van der Waals surface area contributed by atoms with Gasteiger partial charge in [-0.05, 0) is 25.1 Å². The summed E-state index contributed by atoms with van der Waals surface area (Å²) in [5, 5.41) is 0. The Morgan fingerprint density at radius 3 is 2.71 bits per heavy atom. The number of benzene rings is 1. The molecule has 0 atom stereocenters. The van der Waals surface area contributed by atoms with Gasteiger partial charge < -0.3 is 14.0 Å². The minimum Gasteiger partial charge on any atom is -0.497 e. The summed E-state index contributed by atoms with van der Waals surface area (Å²) in [6.07, 6.45) is 1.70. The topological polar surface area (TPSA) is 57.5 Å². The van der Waals surface area contributed by atoms with Crippen molar-refractivity contribution >= 4 is 5.78 Å². The second-order valence-electron chi connectivity index (χ2n) is 4.50. The second kappa shape index (κ2) is 6.74. The van der Waals surface area contributed by atoms with Crippen LogP contribution in [0.1, 0.15) is 17.3 Å². The number of hydrogen-bond donors (Lipinski definition) is 0. The van der Waals surface area contributed by atoms with Crippen LogP contribution in [0.5, 0.6) is 11.5 Å². The summed E-state index contributed by atoms with van der Waals surface area (Å²) in [5.74, 6) is 1.00. The highest BCUT2D eigenvalue weighted by Gasteiger charge is 2.10. The molecule has 0 fully saturated rings. The number of carbonyl (C=O) groups is 1. The van der Waals surface area contributed by atoms with Gasteiger partial charge in [0, 0.05) is 18.3 Å². The van der Waals surface area contributed by atoms with Crippen LogP contribution < -0.4 is 15.0 Å². The van der Waals surface area contributed by atoms with E-state index >= 15 is 0 Å². The maximum absolute atomic E-state index is 11.6. The molecule has 110 valence electrons. The smallest absolute Gasteiger partial charge is 0.250 e. The number of ketones is 1. The van der Waals surface area contributed by atoms with Gasteiger partial charge in [-0.3, -0.25) is 9.59 Å². The molecule has 1 aromatic heterocycles. The molecule has 0 unspecified atom stereocenters. The van der Waals surface area contributed by atoms with Crippen LogP contribution in [0.2, 0.25) is 0 Å². The minimum absolute atomic E-state index is 0.0791. The molecule has 0 N–H and O–H groups in total. The fraction of sp³-hybridized carbons (Fsp3) is 0.250. The van der Waals surface area contributed by atoms with Crippen LogP contribution in [0.25, 0.3) is 0 Å². The number of Topliss-reactive ketones (excluding diaryl/α,β-unsaturated/α-hetero) is 1. The third kappa shape index (κ3) is 3.72. The number of ether oxygens (including phenoxy) is 2. The van der Waals surface area contributed by atoms with Gasteiger partial charge in [0.2, 0.25) is 0 Å². The molecule has 1 heterocycles. The Hall–Kier alpha value is -2.56. The predicted molar refractivity (Wildman–Crippen MR) is 79.2 cm³/mol. The highest BCUT2D eigenvalue weighted by Crippen LogP contribution is 2.25. The van der Waals surface area contributed by atoms with E-state index in [1.54, 1.807) is 48.2 Å². The molecule has 0 radical (unpaired) electrons. The Bertz CT molecular complexity index is 691. The van der Waals surface area contributed by atoms with Crippen molar-refractivity contribution in [3.63, 3.8) is 0 Å². The first-order chi connectivity index (χ1) is 10.1. The fourth-order valence-corrected chi connectivity index (χ4v) is 1.94. The summed E-state index contributed by atoms with van der Waals surface area (Å²) < 4.78 is 12.3. The van der Waals surface area contributed by atoms with Gasteiger partial charge >= 0.3 is 0 Å². The molecule has 21 heavy (non-hydrogen) atoms. The third-order valence-electron chi connectivity index (χ3n) is 3.06. The van der Waals surface area contributed by atoms with E-state index in [4.69, 9.17) is 9.47 Å². The van der Waals surface area contributed by atoms with Crippen LogP contribution in [0, 0.1) is 0 Å². The monoisotopic (exact) mass is 287 g/mol. The van der Waals surface area contributed by atoms with Crippen LogP contribution >= 0.6 is 0 Å². The number of carbonyl (C=O) groups excluding carboxylic acids is 1. The molecule has 2 aromatic rings. The van der Waals surface area contributed by atoms with Crippen molar-refractivity contribution in [3.8, 4) is 11.5 Å². The number of rotatable bonds is 6. The summed E-state index contributed by atoms with van der Waals surface area (Å²) in [7, 11) is 1.55. The van der Waals surface area contributed by atoms with Crippen molar-refractivity contribution in [1.82, 2.24) is 4.57 Å². The van der Waals surface area contributed by atoms with Crippen molar-refractivity contribution in [2.24, 2.45) is 0 Å². The summed E-state index contributed by atoms with van der Waals surface area (Å²) in [5.41, 5.74) is 0.412. The van der Waals surface area contributed by atoms with Crippen LogP contribution in [0.3, 0.4) is 0 Å². The van der Waals surface area contributed by atoms with E-state index in [1.165, 1.54) is 13.0 Å². The Morgan fingerprint density at radius 1 is 1.24 bits per heavy atom. The van der Waals surface area contributed by atoms with Gasteiger partial charge in [0.25, 0.3) is 5.56 Å². The molecule has 1 aromatic carbocycles. The van der Waals surface area contributed by atoms with Crippen LogP contribution in [0.15, 0.2) is 47.4 Å². The number of pyridine rings is 1. The molecular weight excluding hydrogens is 270 g/mol. The lowest BCUT2D eigenvalue weighted by molar-refractivity contribution is 0.101. The normalized spacial score (nSPS) is 10.2. The first-order valence-electron chi connectivity index (χ1n) is 6.59. The number of methoxy groups -OCH3 is 1. The molecule has 0 aliphatic heterocycles. The highest BCUT2D eigenvalue weighted by atomic mass is 16.5. The standard InChI is InChI=1S/C16H17NO4/c1-12(18)14-7-6-13(20-2)11-15(14)21-10-9-17-8-4-3-5-16(17)19/h3-8,11H,9-10H2,1-2H3. The third-order valence-corrected chi connectivity index (χ3v) is 3.06. The van der Waals surface area contributed by atoms with Gasteiger partial charge in [-0.1, -0.05) is 6.07 Å². The van der Waals surface area contributed by atoms with Gasteiger partial charge in [-0.25, -0.2) is 0 Å². The van der Waals surface area contributed by atoms with E-state index < -0.39 is 0 Å². The average Bonchev–Trinajstić information content (AvgIpc) is 2.48. The molecule has 5 heteroatoms.